The van der Waals surface area contributed by atoms with Crippen LogP contribution in [0.25, 0.3) is 0 Å². The Bertz CT molecular complexity index is 122. The van der Waals surface area contributed by atoms with Crippen molar-refractivity contribution in [1.82, 2.24) is 5.32 Å². The first kappa shape index (κ1) is 9.97. The molecule has 0 aromatic heterocycles. The number of guanidine groups is 1. The molecule has 0 heterocycles. The lowest BCUT2D eigenvalue weighted by Gasteiger charge is -2.08. The van der Waals surface area contributed by atoms with E-state index < -0.39 is 0 Å². The summed E-state index contributed by atoms with van der Waals surface area (Å²) in [6.45, 7) is 3.70. The van der Waals surface area contributed by atoms with Crippen LogP contribution >= 0.6 is 25.3 Å². The van der Waals surface area contributed by atoms with Crippen LogP contribution in [0.1, 0.15) is 13.8 Å². The van der Waals surface area contributed by atoms with E-state index in [9.17, 15) is 0 Å². The summed E-state index contributed by atoms with van der Waals surface area (Å²) in [7, 11) is 0. The van der Waals surface area contributed by atoms with Crippen molar-refractivity contribution in [1.29, 1.82) is 0 Å². The SMILES string of the molecule is CC(S)N=C(N)NC(C)S. The number of hydrogen-bond acceptors (Lipinski definition) is 3. The van der Waals surface area contributed by atoms with Gasteiger partial charge in [-0.3, -0.25) is 0 Å². The molecule has 0 aliphatic carbocycles. The molecule has 0 aromatic rings. The number of nitrogens with two attached hydrogens (primary N) is 1. The molecule has 0 amide bonds. The minimum absolute atomic E-state index is 0.0239. The van der Waals surface area contributed by atoms with Crippen molar-refractivity contribution in [2.45, 2.75) is 24.6 Å². The molecule has 0 aliphatic rings. The Kier molecular flexibility index (Phi) is 4.72. The van der Waals surface area contributed by atoms with Crippen molar-refractivity contribution >= 4 is 31.2 Å². The zero-order valence-electron chi connectivity index (χ0n) is 6.07. The molecule has 60 valence electrons. The second-order valence-corrected chi connectivity index (χ2v) is 3.49. The first-order valence-electron chi connectivity index (χ1n) is 2.98. The number of thiol groups is 2. The van der Waals surface area contributed by atoms with Gasteiger partial charge in [0.1, 0.15) is 0 Å². The van der Waals surface area contributed by atoms with Gasteiger partial charge < -0.3 is 11.1 Å². The van der Waals surface area contributed by atoms with Crippen molar-refractivity contribution in [3.05, 3.63) is 0 Å². The third-order valence-corrected chi connectivity index (χ3v) is 0.927. The minimum Gasteiger partial charge on any atom is -0.370 e. The van der Waals surface area contributed by atoms with Crippen LogP contribution in [0.2, 0.25) is 0 Å². The summed E-state index contributed by atoms with van der Waals surface area (Å²) >= 11 is 8.09. The number of nitrogens with one attached hydrogen (secondary N) is 1. The fourth-order valence-electron chi connectivity index (χ4n) is 0.453. The van der Waals surface area contributed by atoms with E-state index in [-0.39, 0.29) is 10.7 Å². The van der Waals surface area contributed by atoms with Crippen LogP contribution in [0.4, 0.5) is 0 Å². The van der Waals surface area contributed by atoms with Crippen LogP contribution in [0.3, 0.4) is 0 Å². The van der Waals surface area contributed by atoms with Crippen molar-refractivity contribution in [2.24, 2.45) is 10.7 Å². The maximum absolute atomic E-state index is 5.42. The Labute approximate surface area is 72.3 Å². The van der Waals surface area contributed by atoms with E-state index in [2.05, 4.69) is 35.6 Å². The standard InChI is InChI=1S/C5H13N3S2/c1-3(9)7-5(6)8-4(2)10/h3-4,9-10H,1-2H3,(H3,6,7,8). The minimum atomic E-state index is -0.0698. The second kappa shape index (κ2) is 4.73. The first-order chi connectivity index (χ1) is 4.52. The Hall–Kier alpha value is -0.0300. The molecule has 0 saturated heterocycles. The molecule has 3 nitrogen and oxygen atoms in total. The molecule has 0 bridgehead atoms. The number of hydrogen-bond donors (Lipinski definition) is 4. The lowest BCUT2D eigenvalue weighted by molar-refractivity contribution is 0.877. The number of rotatable bonds is 2. The van der Waals surface area contributed by atoms with Crippen LogP contribution in [0.5, 0.6) is 0 Å². The highest BCUT2D eigenvalue weighted by atomic mass is 32.1. The Morgan fingerprint density at radius 2 is 2.00 bits per heavy atom. The van der Waals surface area contributed by atoms with Crippen LogP contribution in [0, 0.1) is 0 Å². The molecule has 0 aliphatic heterocycles. The van der Waals surface area contributed by atoms with E-state index in [1.54, 1.807) is 0 Å². The van der Waals surface area contributed by atoms with E-state index in [1.807, 2.05) is 13.8 Å². The molecular weight excluding hydrogens is 166 g/mol. The van der Waals surface area contributed by atoms with Crippen molar-refractivity contribution < 1.29 is 0 Å². The van der Waals surface area contributed by atoms with Gasteiger partial charge in [0.15, 0.2) is 5.96 Å². The zero-order chi connectivity index (χ0) is 8.15. The Morgan fingerprint density at radius 3 is 2.30 bits per heavy atom. The molecule has 3 N–H and O–H groups in total. The van der Waals surface area contributed by atoms with Crippen molar-refractivity contribution in [3.8, 4) is 0 Å². The van der Waals surface area contributed by atoms with Gasteiger partial charge in [-0.15, -0.1) is 0 Å². The highest BCUT2D eigenvalue weighted by Gasteiger charge is 1.95. The summed E-state index contributed by atoms with van der Waals surface area (Å²) in [5.41, 5.74) is 5.42. The summed E-state index contributed by atoms with van der Waals surface area (Å²) in [6, 6.07) is 0. The monoisotopic (exact) mass is 179 g/mol. The lowest BCUT2D eigenvalue weighted by atomic mass is 10.7. The molecule has 0 spiro atoms. The predicted octanol–water partition coefficient (Wildman–Crippen LogP) is 0.442. The van der Waals surface area contributed by atoms with E-state index in [1.165, 1.54) is 0 Å². The molecule has 0 radical (unpaired) electrons. The van der Waals surface area contributed by atoms with Gasteiger partial charge in [-0.1, -0.05) is 0 Å². The maximum Gasteiger partial charge on any atom is 0.190 e. The Balaban J connectivity index is 3.71. The molecule has 10 heavy (non-hydrogen) atoms. The van der Waals surface area contributed by atoms with Gasteiger partial charge in [-0.05, 0) is 13.8 Å². The summed E-state index contributed by atoms with van der Waals surface area (Å²) in [4.78, 5) is 3.92. The fourth-order valence-corrected chi connectivity index (χ4v) is 0.709. The molecule has 0 fully saturated rings. The van der Waals surface area contributed by atoms with Gasteiger partial charge in [0, 0.05) is 0 Å². The second-order valence-electron chi connectivity index (χ2n) is 1.97. The molecule has 5 heteroatoms. The number of nitrogens with zero attached hydrogens (tertiary/aromatic N) is 1. The van der Waals surface area contributed by atoms with Gasteiger partial charge in [0.2, 0.25) is 0 Å². The smallest absolute Gasteiger partial charge is 0.190 e. The normalized spacial score (nSPS) is 18.2. The summed E-state index contributed by atoms with van der Waals surface area (Å²) in [5, 5.41) is 2.77. The third-order valence-electron chi connectivity index (χ3n) is 0.683. The summed E-state index contributed by atoms with van der Waals surface area (Å²) in [5.74, 6) is 0.380. The summed E-state index contributed by atoms with van der Waals surface area (Å²) in [6.07, 6.45) is 0. The van der Waals surface area contributed by atoms with E-state index in [4.69, 9.17) is 5.73 Å². The predicted molar refractivity (Wildman–Crippen MR) is 51.7 cm³/mol. The third kappa shape index (κ3) is 6.10. The van der Waals surface area contributed by atoms with Crippen molar-refractivity contribution in [2.75, 3.05) is 0 Å². The van der Waals surface area contributed by atoms with Gasteiger partial charge in [0.05, 0.1) is 10.7 Å². The topological polar surface area (TPSA) is 50.4 Å². The molecule has 0 aromatic carbocycles. The molecule has 2 atom stereocenters. The van der Waals surface area contributed by atoms with Gasteiger partial charge in [0.25, 0.3) is 0 Å². The zero-order valence-corrected chi connectivity index (χ0v) is 7.86. The van der Waals surface area contributed by atoms with Gasteiger partial charge in [-0.2, -0.15) is 25.3 Å². The molecular formula is C5H13N3S2. The first-order valence-corrected chi connectivity index (χ1v) is 4.01. The van der Waals surface area contributed by atoms with Crippen molar-refractivity contribution in [3.63, 3.8) is 0 Å². The average Bonchev–Trinajstić information content (AvgIpc) is 1.58. The van der Waals surface area contributed by atoms with Crippen LogP contribution < -0.4 is 11.1 Å². The summed E-state index contributed by atoms with van der Waals surface area (Å²) < 4.78 is 0. The van der Waals surface area contributed by atoms with Crippen LogP contribution in [-0.2, 0) is 0 Å². The lowest BCUT2D eigenvalue weighted by Crippen LogP contribution is -2.36. The van der Waals surface area contributed by atoms with E-state index >= 15 is 0 Å². The van der Waals surface area contributed by atoms with Gasteiger partial charge >= 0.3 is 0 Å². The Morgan fingerprint density at radius 1 is 1.50 bits per heavy atom. The van der Waals surface area contributed by atoms with Crippen LogP contribution in [0.15, 0.2) is 4.99 Å². The largest absolute Gasteiger partial charge is 0.370 e. The highest BCUT2D eigenvalue weighted by Crippen LogP contribution is 1.93. The fraction of sp³-hybridized carbons (Fsp3) is 0.800. The quantitative estimate of drug-likeness (QED) is 0.215. The van der Waals surface area contributed by atoms with Crippen LogP contribution in [-0.4, -0.2) is 16.7 Å². The van der Waals surface area contributed by atoms with Gasteiger partial charge in [-0.25, -0.2) is 4.99 Å². The highest BCUT2D eigenvalue weighted by molar-refractivity contribution is 7.81. The van der Waals surface area contributed by atoms with E-state index in [0.29, 0.717) is 5.96 Å². The molecule has 0 saturated carbocycles. The molecule has 0 rings (SSSR count). The maximum atomic E-state index is 5.42. The molecule has 2 unspecified atom stereocenters. The average molecular weight is 179 g/mol. The number of aliphatic imine (C=N–C) groups is 1. The van der Waals surface area contributed by atoms with E-state index in [0.717, 1.165) is 0 Å².